The maximum absolute atomic E-state index is 6.19. The lowest BCUT2D eigenvalue weighted by molar-refractivity contribution is 0.246. The average Bonchev–Trinajstić information content (AvgIpc) is 2.69. The van der Waals surface area contributed by atoms with Crippen LogP contribution < -0.4 is 11.1 Å². The standard InChI is InChI=1S/C21H30N4S/c1-2-17-15-25(14-13-23-17)18-10-8-16(9-11-18)5-3-7-20(22)19-6-4-12-24-21(19)26/h4,6-8,10-12,16-17,23H,2-3,5,9,13-15,22H2,1H3,(H,24,26)/b20-7-. The fourth-order valence-electron chi connectivity index (χ4n) is 3.62. The van der Waals surface area contributed by atoms with Crippen LogP contribution in [0.3, 0.4) is 0 Å². The third kappa shape index (κ3) is 4.92. The van der Waals surface area contributed by atoms with Gasteiger partial charge >= 0.3 is 0 Å². The Hall–Kier alpha value is -1.72. The fourth-order valence-corrected chi connectivity index (χ4v) is 3.89. The summed E-state index contributed by atoms with van der Waals surface area (Å²) in [6.07, 6.45) is 15.3. The summed E-state index contributed by atoms with van der Waals surface area (Å²) in [5.74, 6) is 0.594. The molecule has 0 aromatic carbocycles. The van der Waals surface area contributed by atoms with Gasteiger partial charge in [0.2, 0.25) is 0 Å². The molecule has 2 heterocycles. The number of allylic oxidation sites excluding steroid dienone is 4. The molecule has 3 rings (SSSR count). The molecule has 0 radical (unpaired) electrons. The molecular weight excluding hydrogens is 340 g/mol. The molecule has 0 spiro atoms. The van der Waals surface area contributed by atoms with Gasteiger partial charge in [-0.2, -0.15) is 0 Å². The molecule has 3 N–H and O–H groups in total. The molecule has 1 aromatic heterocycles. The SMILES string of the molecule is CCC1CN(C2=CCC(CC/C=C(\N)c3cccnc3S)C=C2)CCN1. The summed E-state index contributed by atoms with van der Waals surface area (Å²) in [5.41, 5.74) is 9.27. The van der Waals surface area contributed by atoms with E-state index in [1.54, 1.807) is 6.20 Å². The van der Waals surface area contributed by atoms with Gasteiger partial charge in [0.25, 0.3) is 0 Å². The van der Waals surface area contributed by atoms with Crippen molar-refractivity contribution >= 4 is 18.3 Å². The first-order valence-corrected chi connectivity index (χ1v) is 10.1. The number of nitrogens with one attached hydrogen (secondary N) is 1. The Bertz CT molecular complexity index is 695. The van der Waals surface area contributed by atoms with E-state index >= 15 is 0 Å². The molecule has 0 bridgehead atoms. The van der Waals surface area contributed by atoms with E-state index < -0.39 is 0 Å². The van der Waals surface area contributed by atoms with Gasteiger partial charge in [-0.3, -0.25) is 0 Å². The summed E-state index contributed by atoms with van der Waals surface area (Å²) in [4.78, 5) is 6.70. The molecule has 1 aliphatic carbocycles. The van der Waals surface area contributed by atoms with E-state index in [4.69, 9.17) is 5.73 Å². The van der Waals surface area contributed by atoms with Crippen LogP contribution in [0.1, 0.15) is 38.2 Å². The largest absolute Gasteiger partial charge is 0.398 e. The maximum Gasteiger partial charge on any atom is 0.102 e. The van der Waals surface area contributed by atoms with Gasteiger partial charge in [-0.05, 0) is 49.8 Å². The zero-order chi connectivity index (χ0) is 18.4. The highest BCUT2D eigenvalue weighted by Crippen LogP contribution is 2.25. The zero-order valence-corrected chi connectivity index (χ0v) is 16.5. The number of nitrogens with two attached hydrogens (primary N) is 1. The third-order valence-corrected chi connectivity index (χ3v) is 5.64. The molecule has 5 heteroatoms. The fraction of sp³-hybridized carbons (Fsp3) is 0.476. The van der Waals surface area contributed by atoms with Crippen molar-refractivity contribution in [2.24, 2.45) is 11.7 Å². The van der Waals surface area contributed by atoms with E-state index in [1.165, 1.54) is 12.1 Å². The van der Waals surface area contributed by atoms with Crippen LogP contribution in [0.5, 0.6) is 0 Å². The highest BCUT2D eigenvalue weighted by atomic mass is 32.1. The second-order valence-electron chi connectivity index (χ2n) is 7.10. The van der Waals surface area contributed by atoms with Gasteiger partial charge in [0, 0.05) is 48.8 Å². The van der Waals surface area contributed by atoms with Crippen molar-refractivity contribution in [3.8, 4) is 0 Å². The minimum Gasteiger partial charge on any atom is -0.398 e. The summed E-state index contributed by atoms with van der Waals surface area (Å²) in [5, 5.41) is 4.27. The van der Waals surface area contributed by atoms with Gasteiger partial charge in [-0.25, -0.2) is 4.98 Å². The predicted molar refractivity (Wildman–Crippen MR) is 112 cm³/mol. The van der Waals surface area contributed by atoms with Crippen LogP contribution in [-0.2, 0) is 0 Å². The Morgan fingerprint density at radius 1 is 1.50 bits per heavy atom. The normalized spacial score (nSPS) is 23.8. The van der Waals surface area contributed by atoms with Crippen molar-refractivity contribution in [1.82, 2.24) is 15.2 Å². The number of pyridine rings is 1. The van der Waals surface area contributed by atoms with E-state index in [-0.39, 0.29) is 0 Å². The smallest absolute Gasteiger partial charge is 0.102 e. The van der Waals surface area contributed by atoms with Crippen LogP contribution in [0.2, 0.25) is 0 Å². The van der Waals surface area contributed by atoms with Crippen LogP contribution >= 0.6 is 12.6 Å². The van der Waals surface area contributed by atoms with Gasteiger partial charge < -0.3 is 16.0 Å². The maximum atomic E-state index is 6.19. The third-order valence-electron chi connectivity index (χ3n) is 5.28. The van der Waals surface area contributed by atoms with Gasteiger partial charge in [0.05, 0.1) is 0 Å². The molecule has 1 aromatic rings. The number of thiol groups is 1. The van der Waals surface area contributed by atoms with Crippen molar-refractivity contribution in [1.29, 1.82) is 0 Å². The molecule has 2 aliphatic rings. The quantitative estimate of drug-likeness (QED) is 0.670. The second kappa shape index (κ2) is 9.28. The Labute approximate surface area is 162 Å². The van der Waals surface area contributed by atoms with E-state index in [2.05, 4.69) is 59.1 Å². The Balaban J connectivity index is 1.48. The summed E-state index contributed by atoms with van der Waals surface area (Å²) < 4.78 is 0. The minimum absolute atomic E-state index is 0.594. The lowest BCUT2D eigenvalue weighted by Crippen LogP contribution is -2.49. The van der Waals surface area contributed by atoms with E-state index in [0.717, 1.165) is 50.2 Å². The molecule has 1 aliphatic heterocycles. The minimum atomic E-state index is 0.594. The summed E-state index contributed by atoms with van der Waals surface area (Å²) in [7, 11) is 0. The van der Waals surface area contributed by atoms with E-state index in [1.807, 2.05) is 12.1 Å². The van der Waals surface area contributed by atoms with Gasteiger partial charge in [0.1, 0.15) is 5.03 Å². The van der Waals surface area contributed by atoms with Crippen molar-refractivity contribution in [2.45, 2.75) is 43.7 Å². The van der Waals surface area contributed by atoms with Crippen LogP contribution in [0, 0.1) is 5.92 Å². The number of aromatic nitrogens is 1. The monoisotopic (exact) mass is 370 g/mol. The molecule has 26 heavy (non-hydrogen) atoms. The molecule has 1 fully saturated rings. The van der Waals surface area contributed by atoms with Crippen molar-refractivity contribution in [2.75, 3.05) is 19.6 Å². The Kier molecular flexibility index (Phi) is 6.80. The van der Waals surface area contributed by atoms with E-state index in [9.17, 15) is 0 Å². The summed E-state index contributed by atoms with van der Waals surface area (Å²) in [6, 6.07) is 4.48. The summed E-state index contributed by atoms with van der Waals surface area (Å²) in [6.45, 7) is 5.56. The number of rotatable bonds is 6. The predicted octanol–water partition coefficient (Wildman–Crippen LogP) is 3.59. The Morgan fingerprint density at radius 2 is 2.38 bits per heavy atom. The molecule has 2 atom stereocenters. The molecule has 2 unspecified atom stereocenters. The molecule has 140 valence electrons. The first kappa shape index (κ1) is 19.1. The van der Waals surface area contributed by atoms with Gasteiger partial charge in [-0.1, -0.05) is 25.2 Å². The summed E-state index contributed by atoms with van der Waals surface area (Å²) >= 11 is 4.37. The van der Waals surface area contributed by atoms with Crippen LogP contribution in [0.15, 0.2) is 53.4 Å². The van der Waals surface area contributed by atoms with Crippen molar-refractivity contribution in [3.63, 3.8) is 0 Å². The highest BCUT2D eigenvalue weighted by Gasteiger charge is 2.20. The number of nitrogens with zero attached hydrogens (tertiary/aromatic N) is 2. The number of hydrogen-bond acceptors (Lipinski definition) is 5. The molecule has 4 nitrogen and oxygen atoms in total. The molecular formula is C21H30N4S. The van der Waals surface area contributed by atoms with Crippen LogP contribution in [0.4, 0.5) is 0 Å². The number of piperazine rings is 1. The Morgan fingerprint density at radius 3 is 3.12 bits per heavy atom. The lowest BCUT2D eigenvalue weighted by atomic mass is 9.93. The van der Waals surface area contributed by atoms with Crippen LogP contribution in [0.25, 0.3) is 5.70 Å². The number of hydrogen-bond donors (Lipinski definition) is 3. The van der Waals surface area contributed by atoms with Crippen molar-refractivity contribution in [3.05, 3.63) is 53.9 Å². The molecule has 0 amide bonds. The highest BCUT2D eigenvalue weighted by molar-refractivity contribution is 7.80. The molecule has 0 saturated carbocycles. The first-order valence-electron chi connectivity index (χ1n) is 9.64. The lowest BCUT2D eigenvalue weighted by Gasteiger charge is -2.36. The average molecular weight is 371 g/mol. The van der Waals surface area contributed by atoms with Gasteiger partial charge in [0.15, 0.2) is 0 Å². The van der Waals surface area contributed by atoms with Crippen molar-refractivity contribution < 1.29 is 0 Å². The zero-order valence-electron chi connectivity index (χ0n) is 15.6. The topological polar surface area (TPSA) is 54.2 Å². The van der Waals surface area contributed by atoms with Crippen LogP contribution in [-0.4, -0.2) is 35.6 Å². The van der Waals surface area contributed by atoms with Gasteiger partial charge in [-0.15, -0.1) is 12.6 Å². The first-order chi connectivity index (χ1) is 12.7. The molecule has 1 saturated heterocycles. The van der Waals surface area contributed by atoms with E-state index in [0.29, 0.717) is 17.0 Å². The second-order valence-corrected chi connectivity index (χ2v) is 7.52.